The molecule has 0 bridgehead atoms. The summed E-state index contributed by atoms with van der Waals surface area (Å²) in [7, 11) is 1.63. The van der Waals surface area contributed by atoms with Crippen molar-refractivity contribution in [2.75, 3.05) is 12.1 Å². The number of carbonyl (C=O) groups is 6. The Balaban J connectivity index is 1.36. The molecule has 1 aromatic carbocycles. The second kappa shape index (κ2) is 18.6. The van der Waals surface area contributed by atoms with Crippen molar-refractivity contribution in [3.05, 3.63) is 54.6 Å². The maximum Gasteiger partial charge on any atom is 0.308 e. The fourth-order valence-electron chi connectivity index (χ4n) is 8.44. The van der Waals surface area contributed by atoms with Crippen LogP contribution in [0, 0.1) is 17.3 Å². The molecule has 1 aromatic heterocycles. The van der Waals surface area contributed by atoms with Crippen LogP contribution in [-0.4, -0.2) is 87.4 Å². The van der Waals surface area contributed by atoms with Crippen molar-refractivity contribution < 1.29 is 28.8 Å². The molecule has 4 N–H and O–H groups in total. The molecule has 2 heterocycles. The van der Waals surface area contributed by atoms with E-state index in [4.69, 9.17) is 0 Å². The van der Waals surface area contributed by atoms with Gasteiger partial charge in [-0.3, -0.25) is 44.2 Å². The first-order valence-corrected chi connectivity index (χ1v) is 19.9. The van der Waals surface area contributed by atoms with Crippen LogP contribution >= 0.6 is 0 Å². The lowest BCUT2D eigenvalue weighted by atomic mass is 9.81. The smallest absolute Gasteiger partial charge is 0.308 e. The zero-order chi connectivity index (χ0) is 39.7. The highest BCUT2D eigenvalue weighted by Gasteiger charge is 2.51. The number of Topliss-reactive ketones (excluding diaryl/α,β-unsaturated/α-hetero) is 1. The van der Waals surface area contributed by atoms with Crippen LogP contribution in [0.2, 0.25) is 0 Å². The molecule has 5 amide bonds. The summed E-state index contributed by atoms with van der Waals surface area (Å²) in [5.74, 6) is -3.53. The SMILES string of the molecule is CCC[C@H](NC(=O)C1CC2CCCCC2N1C(=O)[C@@H](NC(=O)[C@@H](NC(=O)c1cnccn1)C1CCCCC1)C(C)(C)C)C(=O)C(=O)NN(C)c1ccccc1. The minimum absolute atomic E-state index is 0.0779. The first-order chi connectivity index (χ1) is 26.3. The number of fused-ring (bicyclic) bond motifs is 1. The molecule has 1 saturated heterocycles. The van der Waals surface area contributed by atoms with Crippen molar-refractivity contribution in [1.29, 1.82) is 0 Å². The van der Waals surface area contributed by atoms with E-state index in [1.54, 1.807) is 24.1 Å². The predicted octanol–water partition coefficient (Wildman–Crippen LogP) is 3.87. The first-order valence-electron chi connectivity index (χ1n) is 19.9. The van der Waals surface area contributed by atoms with Crippen molar-refractivity contribution in [2.45, 2.75) is 135 Å². The largest absolute Gasteiger partial charge is 0.344 e. The monoisotopic (exact) mass is 758 g/mol. The van der Waals surface area contributed by atoms with E-state index in [9.17, 15) is 28.8 Å². The van der Waals surface area contributed by atoms with E-state index in [2.05, 4.69) is 31.3 Å². The molecule has 0 spiro atoms. The molecule has 2 saturated carbocycles. The van der Waals surface area contributed by atoms with Gasteiger partial charge >= 0.3 is 5.91 Å². The van der Waals surface area contributed by atoms with E-state index in [0.717, 1.165) is 57.8 Å². The van der Waals surface area contributed by atoms with Crippen LogP contribution in [0.1, 0.15) is 115 Å². The summed E-state index contributed by atoms with van der Waals surface area (Å²) in [5.41, 5.74) is 2.61. The third-order valence-corrected chi connectivity index (χ3v) is 11.4. The summed E-state index contributed by atoms with van der Waals surface area (Å²) in [4.78, 5) is 93.2. The normalized spacial score (nSPS) is 21.6. The van der Waals surface area contributed by atoms with Crippen molar-refractivity contribution >= 4 is 41.0 Å². The molecule has 0 radical (unpaired) electrons. The van der Waals surface area contributed by atoms with E-state index in [-0.39, 0.29) is 35.9 Å². The molecule has 3 aliphatic rings. The van der Waals surface area contributed by atoms with Gasteiger partial charge in [0.25, 0.3) is 5.91 Å². The molecule has 2 aromatic rings. The van der Waals surface area contributed by atoms with Crippen LogP contribution in [-0.2, 0) is 24.0 Å². The number of ketones is 1. The number of amides is 5. The molecule has 55 heavy (non-hydrogen) atoms. The molecule has 14 nitrogen and oxygen atoms in total. The van der Waals surface area contributed by atoms with Gasteiger partial charge in [0, 0.05) is 25.5 Å². The Labute approximate surface area is 324 Å². The van der Waals surface area contributed by atoms with Gasteiger partial charge in [-0.1, -0.05) is 84.4 Å². The number of para-hydroxylation sites is 1. The lowest BCUT2D eigenvalue weighted by Gasteiger charge is -2.40. The molecule has 14 heteroatoms. The third kappa shape index (κ3) is 10.3. The van der Waals surface area contributed by atoms with E-state index in [1.807, 2.05) is 45.9 Å². The average Bonchev–Trinajstić information content (AvgIpc) is 3.58. The van der Waals surface area contributed by atoms with Crippen LogP contribution in [0.4, 0.5) is 5.69 Å². The van der Waals surface area contributed by atoms with Crippen molar-refractivity contribution in [1.82, 2.24) is 36.2 Å². The number of nitrogens with one attached hydrogen (secondary N) is 4. The molecular weight excluding hydrogens is 701 g/mol. The van der Waals surface area contributed by atoms with Crippen molar-refractivity contribution in [3.63, 3.8) is 0 Å². The molecule has 6 atom stereocenters. The summed E-state index contributed by atoms with van der Waals surface area (Å²) < 4.78 is 0. The fourth-order valence-corrected chi connectivity index (χ4v) is 8.44. The summed E-state index contributed by atoms with van der Waals surface area (Å²) in [6.45, 7) is 7.48. The highest BCUT2D eigenvalue weighted by atomic mass is 16.2. The van der Waals surface area contributed by atoms with Gasteiger partial charge in [0.15, 0.2) is 0 Å². The number of nitrogens with zero attached hydrogens (tertiary/aromatic N) is 4. The first kappa shape index (κ1) is 41.3. The van der Waals surface area contributed by atoms with Gasteiger partial charge < -0.3 is 20.9 Å². The highest BCUT2D eigenvalue weighted by Crippen LogP contribution is 2.41. The standard InChI is InChI=1S/C41H58N8O6/c1-6-15-29(34(50)39(54)47-48(5)28-19-11-8-12-20-28)44-37(52)32-24-27-18-13-14-21-31(27)49(32)40(55)35(41(2,3)4)46-38(53)33(26-16-9-7-10-17-26)45-36(51)30-25-42-22-23-43-30/h8,11-12,19-20,22-23,25-27,29,31-33,35H,6-7,9-10,13-18,21,24H2,1-5H3,(H,44,52)(H,45,51)(H,46,53)(H,47,54)/t27?,29-,31?,32?,33-,35+/m0/s1. The van der Waals surface area contributed by atoms with Gasteiger partial charge in [-0.15, -0.1) is 0 Å². The van der Waals surface area contributed by atoms with E-state index >= 15 is 0 Å². The van der Waals surface area contributed by atoms with Crippen LogP contribution < -0.4 is 26.4 Å². The van der Waals surface area contributed by atoms with Crippen molar-refractivity contribution in [2.24, 2.45) is 17.3 Å². The number of hydrogen-bond donors (Lipinski definition) is 4. The number of carbonyl (C=O) groups excluding carboxylic acids is 6. The van der Waals surface area contributed by atoms with Gasteiger partial charge in [-0.25, -0.2) is 4.98 Å². The Kier molecular flexibility index (Phi) is 14.0. The van der Waals surface area contributed by atoms with Gasteiger partial charge in [0.2, 0.25) is 23.5 Å². The number of rotatable bonds is 14. The zero-order valence-electron chi connectivity index (χ0n) is 32.9. The highest BCUT2D eigenvalue weighted by molar-refractivity contribution is 6.38. The summed E-state index contributed by atoms with van der Waals surface area (Å²) in [6.07, 6.45) is 13.3. The van der Waals surface area contributed by atoms with E-state index in [0.29, 0.717) is 18.5 Å². The Morgan fingerprint density at radius 2 is 1.58 bits per heavy atom. The number of benzene rings is 1. The Bertz CT molecular complexity index is 1660. The second-order valence-electron chi connectivity index (χ2n) is 16.4. The molecule has 298 valence electrons. The van der Waals surface area contributed by atoms with Crippen LogP contribution in [0.25, 0.3) is 0 Å². The number of likely N-dealkylation sites (tertiary alicyclic amines) is 1. The zero-order valence-corrected chi connectivity index (χ0v) is 32.9. The molecular formula is C41H58N8O6. The number of hydrazine groups is 1. The van der Waals surface area contributed by atoms with Crippen molar-refractivity contribution in [3.8, 4) is 0 Å². The van der Waals surface area contributed by atoms with E-state index in [1.165, 1.54) is 23.6 Å². The maximum absolute atomic E-state index is 14.9. The Hall–Kier alpha value is -4.88. The maximum atomic E-state index is 14.9. The van der Waals surface area contributed by atoms with E-state index < -0.39 is 59.0 Å². The lowest BCUT2D eigenvalue weighted by Crippen LogP contribution is -2.63. The number of hydrogen-bond acceptors (Lipinski definition) is 9. The molecule has 2 aliphatic carbocycles. The summed E-state index contributed by atoms with van der Waals surface area (Å²) in [5, 5.41) is 10.3. The quantitative estimate of drug-likeness (QED) is 0.164. The molecule has 5 rings (SSSR count). The average molecular weight is 759 g/mol. The van der Waals surface area contributed by atoms with Gasteiger partial charge in [0.1, 0.15) is 23.8 Å². The molecule has 3 fully saturated rings. The fraction of sp³-hybridized carbons (Fsp3) is 0.610. The number of aromatic nitrogens is 2. The van der Waals surface area contributed by atoms with Gasteiger partial charge in [-0.2, -0.15) is 0 Å². The lowest BCUT2D eigenvalue weighted by molar-refractivity contribution is -0.147. The summed E-state index contributed by atoms with van der Waals surface area (Å²) in [6, 6.07) is 4.94. The van der Waals surface area contributed by atoms with Gasteiger partial charge in [0.05, 0.1) is 17.9 Å². The number of anilines is 1. The van der Waals surface area contributed by atoms with Gasteiger partial charge in [-0.05, 0) is 67.9 Å². The topological polar surface area (TPSA) is 183 Å². The van der Waals surface area contributed by atoms with Crippen LogP contribution in [0.5, 0.6) is 0 Å². The van der Waals surface area contributed by atoms with Crippen LogP contribution in [0.3, 0.4) is 0 Å². The molecule has 1 aliphatic heterocycles. The minimum Gasteiger partial charge on any atom is -0.344 e. The summed E-state index contributed by atoms with van der Waals surface area (Å²) >= 11 is 0. The Morgan fingerprint density at radius 3 is 2.24 bits per heavy atom. The third-order valence-electron chi connectivity index (χ3n) is 11.4. The van der Waals surface area contributed by atoms with Crippen LogP contribution in [0.15, 0.2) is 48.9 Å². The molecule has 3 unspecified atom stereocenters. The Morgan fingerprint density at radius 1 is 0.891 bits per heavy atom. The predicted molar refractivity (Wildman–Crippen MR) is 207 cm³/mol. The minimum atomic E-state index is -1.09. The second-order valence-corrected chi connectivity index (χ2v) is 16.4.